The van der Waals surface area contributed by atoms with E-state index in [1.807, 2.05) is 0 Å². The molecular weight excluding hydrogens is 560 g/mol. The third-order valence-electron chi connectivity index (χ3n) is 5.42. The number of benzene rings is 2. The van der Waals surface area contributed by atoms with Crippen LogP contribution in [0.4, 0.5) is 51.3 Å². The molecule has 2 N–H and O–H groups in total. The molecule has 1 fully saturated rings. The number of aliphatic hydroxyl groups excluding tert-OH is 2. The normalized spacial score (nSPS) is 18.4. The molecule has 1 aliphatic heterocycles. The molecule has 208 valence electrons. The molecule has 38 heavy (non-hydrogen) atoms. The van der Waals surface area contributed by atoms with Gasteiger partial charge in [-0.15, -0.1) is 0 Å². The van der Waals surface area contributed by atoms with E-state index in [0.29, 0.717) is 11.0 Å². The predicted molar refractivity (Wildman–Crippen MR) is 116 cm³/mol. The largest absolute Gasteiger partial charge is 0.420 e. The van der Waals surface area contributed by atoms with Crippen LogP contribution in [0.5, 0.6) is 5.75 Å². The van der Waals surface area contributed by atoms with Gasteiger partial charge in [0.2, 0.25) is 0 Å². The number of ether oxygens (including phenoxy) is 1. The Hall–Kier alpha value is -3.17. The van der Waals surface area contributed by atoms with Gasteiger partial charge < -0.3 is 19.8 Å². The van der Waals surface area contributed by atoms with Gasteiger partial charge >= 0.3 is 18.4 Å². The first-order valence-corrected chi connectivity index (χ1v) is 10.9. The third kappa shape index (κ3) is 5.49. The molecule has 2 amide bonds. The van der Waals surface area contributed by atoms with Crippen molar-refractivity contribution in [3.63, 3.8) is 0 Å². The van der Waals surface area contributed by atoms with Crippen molar-refractivity contribution in [2.45, 2.75) is 44.4 Å². The van der Waals surface area contributed by atoms with Crippen LogP contribution in [0, 0.1) is 11.6 Å². The van der Waals surface area contributed by atoms with Gasteiger partial charge in [0.05, 0.1) is 23.5 Å². The molecule has 2 aromatic carbocycles. The second-order valence-electron chi connectivity index (χ2n) is 8.35. The monoisotopic (exact) mass is 576 g/mol. The first-order valence-electron chi connectivity index (χ1n) is 10.5. The summed E-state index contributed by atoms with van der Waals surface area (Å²) in [6.45, 7) is 1.57. The van der Waals surface area contributed by atoms with E-state index in [-0.39, 0.29) is 17.0 Å². The minimum Gasteiger partial charge on any atom is -0.407 e. The van der Waals surface area contributed by atoms with Gasteiger partial charge in [-0.2, -0.15) is 26.3 Å². The zero-order chi connectivity index (χ0) is 28.9. The van der Waals surface area contributed by atoms with E-state index in [9.17, 15) is 54.9 Å². The summed E-state index contributed by atoms with van der Waals surface area (Å²) in [7, 11) is 0. The molecule has 1 saturated heterocycles. The number of rotatable bonds is 4. The van der Waals surface area contributed by atoms with E-state index in [0.717, 1.165) is 6.07 Å². The van der Waals surface area contributed by atoms with E-state index in [1.165, 1.54) is 13.8 Å². The summed E-state index contributed by atoms with van der Waals surface area (Å²) >= 11 is 5.52. The summed E-state index contributed by atoms with van der Waals surface area (Å²) in [5.74, 6) is -5.77. The molecule has 3 rings (SSSR count). The molecule has 7 nitrogen and oxygen atoms in total. The standard InChI is InChI=1S/C22H17ClF8N2O5/c1-8(2)33(12-4-3-11(24)15(23)16(12)25)20(37)38-18-10(22(29,30)31)5-9(21(26,27)28)6-13(18)32-7-14(34)17(35)19(32)36/h3-6,8,14,17,34-35H,7H2,1-2H3/t14-,17-/m0/s1. The fraction of sp³-hybridized carbons (Fsp3) is 0.364. The summed E-state index contributed by atoms with van der Waals surface area (Å²) in [6.07, 6.45) is -16.8. The summed E-state index contributed by atoms with van der Waals surface area (Å²) in [5, 5.41) is 18.4. The Labute approximate surface area is 213 Å². The molecule has 16 heteroatoms. The van der Waals surface area contributed by atoms with Crippen LogP contribution in [0.25, 0.3) is 0 Å². The smallest absolute Gasteiger partial charge is 0.407 e. The van der Waals surface area contributed by atoms with Crippen molar-refractivity contribution in [2.24, 2.45) is 0 Å². The molecule has 0 aliphatic carbocycles. The Balaban J connectivity index is 2.24. The number of aliphatic hydroxyl groups is 2. The summed E-state index contributed by atoms with van der Waals surface area (Å²) in [6, 6.07) is -0.000578. The summed E-state index contributed by atoms with van der Waals surface area (Å²) in [5.41, 5.74) is -6.01. The van der Waals surface area contributed by atoms with Gasteiger partial charge in [0, 0.05) is 6.04 Å². The molecule has 0 saturated carbocycles. The number of alkyl halides is 6. The van der Waals surface area contributed by atoms with Gasteiger partial charge in [0.1, 0.15) is 22.5 Å². The van der Waals surface area contributed by atoms with Crippen LogP contribution < -0.4 is 14.5 Å². The topological polar surface area (TPSA) is 90.3 Å². The van der Waals surface area contributed by atoms with Crippen molar-refractivity contribution in [3.05, 3.63) is 52.0 Å². The molecule has 0 bridgehead atoms. The zero-order valence-corrected chi connectivity index (χ0v) is 19.9. The lowest BCUT2D eigenvalue weighted by atomic mass is 10.1. The minimum atomic E-state index is -5.58. The third-order valence-corrected chi connectivity index (χ3v) is 5.77. The van der Waals surface area contributed by atoms with E-state index in [1.54, 1.807) is 0 Å². The molecule has 0 radical (unpaired) electrons. The quantitative estimate of drug-likeness (QED) is 0.389. The minimum absolute atomic E-state index is 0.0651. The van der Waals surface area contributed by atoms with Crippen molar-refractivity contribution < 1.29 is 59.7 Å². The lowest BCUT2D eigenvalue weighted by molar-refractivity contribution is -0.143. The summed E-state index contributed by atoms with van der Waals surface area (Å²) < 4.78 is 115. The van der Waals surface area contributed by atoms with Crippen molar-refractivity contribution >= 4 is 35.0 Å². The summed E-state index contributed by atoms with van der Waals surface area (Å²) in [4.78, 5) is 26.0. The van der Waals surface area contributed by atoms with Crippen molar-refractivity contribution in [1.29, 1.82) is 0 Å². The van der Waals surface area contributed by atoms with Crippen molar-refractivity contribution in [3.8, 4) is 5.75 Å². The average molecular weight is 577 g/mol. The molecule has 1 heterocycles. The van der Waals surface area contributed by atoms with Crippen LogP contribution in [0.2, 0.25) is 5.02 Å². The van der Waals surface area contributed by atoms with E-state index < -0.39 is 94.1 Å². The molecule has 0 aromatic heterocycles. The number of nitrogens with zero attached hydrogens (tertiary/aromatic N) is 2. The molecule has 2 aromatic rings. The second kappa shape index (κ2) is 10.2. The van der Waals surface area contributed by atoms with Gasteiger partial charge in [0.15, 0.2) is 17.7 Å². The molecule has 1 aliphatic rings. The molecule has 0 spiro atoms. The number of amides is 2. The van der Waals surface area contributed by atoms with Gasteiger partial charge in [-0.05, 0) is 38.1 Å². The van der Waals surface area contributed by atoms with Crippen LogP contribution in [0.3, 0.4) is 0 Å². The van der Waals surface area contributed by atoms with E-state index >= 15 is 0 Å². The Morgan fingerprint density at radius 1 is 1.11 bits per heavy atom. The number of carbonyl (C=O) groups is 2. The van der Waals surface area contributed by atoms with Gasteiger partial charge in [-0.3, -0.25) is 9.69 Å². The number of halogens is 9. The predicted octanol–water partition coefficient (Wildman–Crippen LogP) is 5.14. The van der Waals surface area contributed by atoms with Gasteiger partial charge in [0.25, 0.3) is 5.91 Å². The fourth-order valence-corrected chi connectivity index (χ4v) is 3.80. The Kier molecular flexibility index (Phi) is 7.88. The van der Waals surface area contributed by atoms with E-state index in [2.05, 4.69) is 0 Å². The number of carbonyl (C=O) groups excluding carboxylic acids is 2. The highest BCUT2D eigenvalue weighted by atomic mass is 35.5. The Morgan fingerprint density at radius 3 is 2.18 bits per heavy atom. The van der Waals surface area contributed by atoms with Crippen LogP contribution in [-0.2, 0) is 17.1 Å². The van der Waals surface area contributed by atoms with Crippen LogP contribution in [0.1, 0.15) is 25.0 Å². The van der Waals surface area contributed by atoms with Crippen LogP contribution >= 0.6 is 11.6 Å². The Bertz CT molecular complexity index is 1270. The highest BCUT2D eigenvalue weighted by Gasteiger charge is 2.46. The molecule has 0 unspecified atom stereocenters. The second-order valence-corrected chi connectivity index (χ2v) is 8.73. The average Bonchev–Trinajstić information content (AvgIpc) is 3.04. The number of hydrogen-bond acceptors (Lipinski definition) is 5. The fourth-order valence-electron chi connectivity index (χ4n) is 3.64. The van der Waals surface area contributed by atoms with Gasteiger partial charge in [-0.25, -0.2) is 13.6 Å². The molecule has 2 atom stereocenters. The maximum atomic E-state index is 14.7. The van der Waals surface area contributed by atoms with Crippen molar-refractivity contribution in [1.82, 2.24) is 0 Å². The Morgan fingerprint density at radius 2 is 1.71 bits per heavy atom. The number of anilines is 2. The molecular formula is C22H17ClF8N2O5. The highest BCUT2D eigenvalue weighted by molar-refractivity contribution is 6.31. The number of β-amino-alcohol motifs (C(OH)–C–C–N with tert-alkyl or cyclic N) is 1. The SMILES string of the molecule is CC(C)N(C(=O)Oc1c(N2C[C@H](O)[C@H](O)C2=O)cc(C(F)(F)F)cc1C(F)(F)F)c1ccc(F)c(Cl)c1F. The highest BCUT2D eigenvalue weighted by Crippen LogP contribution is 2.47. The van der Waals surface area contributed by atoms with Crippen molar-refractivity contribution in [2.75, 3.05) is 16.3 Å². The first-order chi connectivity index (χ1) is 17.4. The van der Waals surface area contributed by atoms with Crippen LogP contribution in [-0.4, -0.2) is 47.0 Å². The van der Waals surface area contributed by atoms with E-state index in [4.69, 9.17) is 16.3 Å². The maximum absolute atomic E-state index is 14.7. The maximum Gasteiger partial charge on any atom is 0.420 e. The lowest BCUT2D eigenvalue weighted by Gasteiger charge is -2.29. The first kappa shape index (κ1) is 29.4. The lowest BCUT2D eigenvalue weighted by Crippen LogP contribution is -2.40. The van der Waals surface area contributed by atoms with Gasteiger partial charge in [-0.1, -0.05) is 11.6 Å². The number of hydrogen-bond donors (Lipinski definition) is 2. The zero-order valence-electron chi connectivity index (χ0n) is 19.2. The van der Waals surface area contributed by atoms with Crippen LogP contribution in [0.15, 0.2) is 24.3 Å².